The second-order valence-corrected chi connectivity index (χ2v) is 4.98. The molecule has 17 heavy (non-hydrogen) atoms. The molecule has 0 unspecified atom stereocenters. The predicted molar refractivity (Wildman–Crippen MR) is 61.8 cm³/mol. The SMILES string of the molecule is CC(C)(C)c1c(C(=O)O)oc2c(F)cccc12. The molecule has 0 radical (unpaired) electrons. The third kappa shape index (κ3) is 1.79. The first kappa shape index (κ1) is 11.6. The van der Waals surface area contributed by atoms with Crippen LogP contribution in [0.5, 0.6) is 0 Å². The van der Waals surface area contributed by atoms with Crippen LogP contribution in [0.2, 0.25) is 0 Å². The smallest absolute Gasteiger partial charge is 0.372 e. The van der Waals surface area contributed by atoms with E-state index in [0.717, 1.165) is 0 Å². The first-order valence-corrected chi connectivity index (χ1v) is 5.27. The molecule has 0 aliphatic heterocycles. The lowest BCUT2D eigenvalue weighted by Crippen LogP contribution is -2.15. The van der Waals surface area contributed by atoms with Crippen LogP contribution in [0.4, 0.5) is 4.39 Å². The topological polar surface area (TPSA) is 50.4 Å². The summed E-state index contributed by atoms with van der Waals surface area (Å²) in [6, 6.07) is 4.48. The second kappa shape index (κ2) is 3.58. The number of hydrogen-bond donors (Lipinski definition) is 1. The van der Waals surface area contributed by atoms with Gasteiger partial charge in [0.15, 0.2) is 11.4 Å². The van der Waals surface area contributed by atoms with Crippen LogP contribution in [-0.4, -0.2) is 11.1 Å². The van der Waals surface area contributed by atoms with Gasteiger partial charge in [0.2, 0.25) is 5.76 Å². The Balaban J connectivity index is 2.91. The van der Waals surface area contributed by atoms with Gasteiger partial charge in [0.1, 0.15) is 0 Å². The van der Waals surface area contributed by atoms with Crippen molar-refractivity contribution in [2.75, 3.05) is 0 Å². The van der Waals surface area contributed by atoms with Crippen molar-refractivity contribution in [1.82, 2.24) is 0 Å². The highest BCUT2D eigenvalue weighted by Crippen LogP contribution is 2.36. The fraction of sp³-hybridized carbons (Fsp3) is 0.308. The monoisotopic (exact) mass is 236 g/mol. The number of furan rings is 1. The molecule has 90 valence electrons. The Morgan fingerprint density at radius 3 is 2.53 bits per heavy atom. The van der Waals surface area contributed by atoms with Crippen LogP contribution in [0.3, 0.4) is 0 Å². The summed E-state index contributed by atoms with van der Waals surface area (Å²) in [4.78, 5) is 11.1. The van der Waals surface area contributed by atoms with E-state index in [1.165, 1.54) is 6.07 Å². The number of rotatable bonds is 1. The summed E-state index contributed by atoms with van der Waals surface area (Å²) in [6.45, 7) is 5.61. The molecule has 0 bridgehead atoms. The lowest BCUT2D eigenvalue weighted by molar-refractivity contribution is 0.0661. The quantitative estimate of drug-likeness (QED) is 0.823. The summed E-state index contributed by atoms with van der Waals surface area (Å²) in [5.41, 5.74) is 0.113. The number of para-hydroxylation sites is 1. The molecule has 0 saturated heterocycles. The van der Waals surface area contributed by atoms with Gasteiger partial charge in [0.25, 0.3) is 0 Å². The molecule has 1 N–H and O–H groups in total. The van der Waals surface area contributed by atoms with Gasteiger partial charge in [-0.1, -0.05) is 32.9 Å². The number of benzene rings is 1. The fourth-order valence-corrected chi connectivity index (χ4v) is 1.98. The first-order valence-electron chi connectivity index (χ1n) is 5.27. The zero-order chi connectivity index (χ0) is 12.8. The standard InChI is InChI=1S/C13H13FO3/c1-13(2,3)9-7-5-4-6-8(14)10(7)17-11(9)12(15)16/h4-6H,1-3H3,(H,15,16). The lowest BCUT2D eigenvalue weighted by Gasteiger charge is -2.17. The summed E-state index contributed by atoms with van der Waals surface area (Å²) in [5, 5.41) is 9.63. The van der Waals surface area contributed by atoms with Crippen molar-refractivity contribution in [3.8, 4) is 0 Å². The van der Waals surface area contributed by atoms with Gasteiger partial charge < -0.3 is 9.52 Å². The average molecular weight is 236 g/mol. The average Bonchev–Trinajstić information content (AvgIpc) is 2.57. The molecule has 0 spiro atoms. The van der Waals surface area contributed by atoms with Crippen molar-refractivity contribution in [2.24, 2.45) is 0 Å². The molecule has 0 saturated carbocycles. The van der Waals surface area contributed by atoms with Crippen LogP contribution in [0, 0.1) is 5.82 Å². The van der Waals surface area contributed by atoms with E-state index < -0.39 is 17.2 Å². The van der Waals surface area contributed by atoms with E-state index in [-0.39, 0.29) is 11.3 Å². The van der Waals surface area contributed by atoms with Gasteiger partial charge >= 0.3 is 5.97 Å². The molecule has 1 heterocycles. The number of aromatic carboxylic acids is 1. The molecule has 0 aliphatic carbocycles. The van der Waals surface area contributed by atoms with Crippen molar-refractivity contribution in [3.63, 3.8) is 0 Å². The number of carboxylic acids is 1. The normalized spacial score (nSPS) is 12.0. The van der Waals surface area contributed by atoms with Gasteiger partial charge in [0, 0.05) is 10.9 Å². The minimum absolute atomic E-state index is 0.00910. The molecule has 0 amide bonds. The van der Waals surface area contributed by atoms with E-state index in [4.69, 9.17) is 9.52 Å². The second-order valence-electron chi connectivity index (χ2n) is 4.98. The summed E-state index contributed by atoms with van der Waals surface area (Å²) in [6.07, 6.45) is 0. The third-order valence-electron chi connectivity index (χ3n) is 2.61. The minimum Gasteiger partial charge on any atom is -0.475 e. The van der Waals surface area contributed by atoms with E-state index in [0.29, 0.717) is 10.9 Å². The molecule has 1 aromatic heterocycles. The number of halogens is 1. The Hall–Kier alpha value is -1.84. The van der Waals surface area contributed by atoms with Crippen LogP contribution >= 0.6 is 0 Å². The maximum absolute atomic E-state index is 13.5. The van der Waals surface area contributed by atoms with Crippen molar-refractivity contribution in [2.45, 2.75) is 26.2 Å². The maximum Gasteiger partial charge on any atom is 0.372 e. The van der Waals surface area contributed by atoms with Crippen LogP contribution in [-0.2, 0) is 5.41 Å². The Labute approximate surface area is 97.9 Å². The molecule has 0 aliphatic rings. The number of carboxylic acid groups (broad SMARTS) is 1. The zero-order valence-corrected chi connectivity index (χ0v) is 9.87. The minimum atomic E-state index is -1.18. The molecule has 0 atom stereocenters. The number of fused-ring (bicyclic) bond motifs is 1. The van der Waals surface area contributed by atoms with Crippen molar-refractivity contribution >= 4 is 16.9 Å². The Bertz CT molecular complexity index is 590. The van der Waals surface area contributed by atoms with Gasteiger partial charge in [-0.3, -0.25) is 0 Å². The number of hydrogen-bond acceptors (Lipinski definition) is 2. The van der Waals surface area contributed by atoms with E-state index >= 15 is 0 Å². The van der Waals surface area contributed by atoms with Gasteiger partial charge in [-0.25, -0.2) is 9.18 Å². The highest BCUT2D eigenvalue weighted by Gasteiger charge is 2.29. The van der Waals surface area contributed by atoms with Crippen molar-refractivity contribution in [3.05, 3.63) is 35.3 Å². The van der Waals surface area contributed by atoms with E-state index in [2.05, 4.69) is 0 Å². The maximum atomic E-state index is 13.5. The van der Waals surface area contributed by atoms with Gasteiger partial charge in [-0.2, -0.15) is 0 Å². The molecule has 2 rings (SSSR count). The molecule has 1 aromatic carbocycles. The summed E-state index contributed by atoms with van der Waals surface area (Å²) < 4.78 is 18.7. The Morgan fingerprint density at radius 1 is 1.35 bits per heavy atom. The van der Waals surface area contributed by atoms with Crippen LogP contribution < -0.4 is 0 Å². The zero-order valence-electron chi connectivity index (χ0n) is 9.87. The highest BCUT2D eigenvalue weighted by molar-refractivity contribution is 5.96. The van der Waals surface area contributed by atoms with Gasteiger partial charge in [-0.05, 0) is 11.5 Å². The van der Waals surface area contributed by atoms with Gasteiger partial charge in [0.05, 0.1) is 0 Å². The largest absolute Gasteiger partial charge is 0.475 e. The lowest BCUT2D eigenvalue weighted by atomic mass is 9.85. The summed E-state index contributed by atoms with van der Waals surface area (Å²) in [5.74, 6) is -1.90. The van der Waals surface area contributed by atoms with Crippen LogP contribution in [0.15, 0.2) is 22.6 Å². The predicted octanol–water partition coefficient (Wildman–Crippen LogP) is 3.57. The molecular weight excluding hydrogens is 223 g/mol. The summed E-state index contributed by atoms with van der Waals surface area (Å²) in [7, 11) is 0. The third-order valence-corrected chi connectivity index (χ3v) is 2.61. The van der Waals surface area contributed by atoms with Crippen LogP contribution in [0.1, 0.15) is 36.9 Å². The van der Waals surface area contributed by atoms with E-state index in [1.807, 2.05) is 20.8 Å². The Kier molecular flexibility index (Phi) is 2.45. The molecule has 2 aromatic rings. The number of carbonyl (C=O) groups is 1. The van der Waals surface area contributed by atoms with Crippen LogP contribution in [0.25, 0.3) is 11.0 Å². The molecule has 3 nitrogen and oxygen atoms in total. The fourth-order valence-electron chi connectivity index (χ4n) is 1.98. The van der Waals surface area contributed by atoms with Gasteiger partial charge in [-0.15, -0.1) is 0 Å². The van der Waals surface area contributed by atoms with Crippen molar-refractivity contribution < 1.29 is 18.7 Å². The van der Waals surface area contributed by atoms with Crippen molar-refractivity contribution in [1.29, 1.82) is 0 Å². The van der Waals surface area contributed by atoms with E-state index in [1.54, 1.807) is 12.1 Å². The first-order chi connectivity index (χ1) is 7.82. The molecule has 4 heteroatoms. The highest BCUT2D eigenvalue weighted by atomic mass is 19.1. The molecular formula is C13H13FO3. The summed E-state index contributed by atoms with van der Waals surface area (Å²) >= 11 is 0. The molecule has 0 fully saturated rings. The Morgan fingerprint density at radius 2 is 2.00 bits per heavy atom. The van der Waals surface area contributed by atoms with E-state index in [9.17, 15) is 9.18 Å².